The van der Waals surface area contributed by atoms with E-state index in [1.165, 1.54) is 18.2 Å². The second-order valence-electron chi connectivity index (χ2n) is 11.4. The zero-order chi connectivity index (χ0) is 31.4. The highest BCUT2D eigenvalue weighted by molar-refractivity contribution is 9.10. The Labute approximate surface area is 259 Å². The SMILES string of the molecule is CC(C)(C)OC(=O)N1CCN(c2ccc(C(=O)NS(=O)(=O)c3ccc(NCC4CCOCC4)c([N+](=O)[O-])c3)c(Br)c2)CC1. The second kappa shape index (κ2) is 13.5. The fourth-order valence-electron chi connectivity index (χ4n) is 4.78. The van der Waals surface area contributed by atoms with E-state index in [2.05, 4.69) is 21.2 Å². The van der Waals surface area contributed by atoms with Gasteiger partial charge in [-0.05, 0) is 85.8 Å². The smallest absolute Gasteiger partial charge is 0.410 e. The van der Waals surface area contributed by atoms with E-state index in [1.54, 1.807) is 17.0 Å². The predicted octanol–water partition coefficient (Wildman–Crippen LogP) is 4.37. The molecule has 0 radical (unpaired) electrons. The number of nitrogens with zero attached hydrogens (tertiary/aromatic N) is 3. The molecular formula is C28H36BrN5O8S. The first-order valence-electron chi connectivity index (χ1n) is 13.9. The Balaban J connectivity index is 1.40. The average molecular weight is 683 g/mol. The lowest BCUT2D eigenvalue weighted by Crippen LogP contribution is -2.50. The Morgan fingerprint density at radius 3 is 2.37 bits per heavy atom. The van der Waals surface area contributed by atoms with Crippen molar-refractivity contribution >= 4 is 55.0 Å². The third-order valence-electron chi connectivity index (χ3n) is 7.12. The van der Waals surface area contributed by atoms with Gasteiger partial charge in [0.1, 0.15) is 11.3 Å². The van der Waals surface area contributed by atoms with Gasteiger partial charge in [0.25, 0.3) is 21.6 Å². The molecule has 2 saturated heterocycles. The van der Waals surface area contributed by atoms with Crippen LogP contribution in [-0.2, 0) is 19.5 Å². The topological polar surface area (TPSA) is 160 Å². The van der Waals surface area contributed by atoms with Crippen LogP contribution in [0.1, 0.15) is 44.0 Å². The molecule has 0 aromatic heterocycles. The van der Waals surface area contributed by atoms with Crippen molar-refractivity contribution in [1.29, 1.82) is 0 Å². The number of piperazine rings is 1. The number of rotatable bonds is 8. The Hall–Kier alpha value is -3.43. The summed E-state index contributed by atoms with van der Waals surface area (Å²) in [7, 11) is -4.42. The van der Waals surface area contributed by atoms with Gasteiger partial charge in [-0.3, -0.25) is 14.9 Å². The van der Waals surface area contributed by atoms with E-state index in [9.17, 15) is 28.1 Å². The Morgan fingerprint density at radius 2 is 1.77 bits per heavy atom. The molecule has 43 heavy (non-hydrogen) atoms. The van der Waals surface area contributed by atoms with Crippen molar-refractivity contribution in [3.8, 4) is 0 Å². The number of hydrogen-bond donors (Lipinski definition) is 2. The molecule has 2 N–H and O–H groups in total. The van der Waals surface area contributed by atoms with Crippen LogP contribution in [0.25, 0.3) is 0 Å². The molecule has 234 valence electrons. The lowest BCUT2D eigenvalue weighted by Gasteiger charge is -2.36. The number of hydrogen-bond acceptors (Lipinski definition) is 10. The number of carbonyl (C=O) groups is 2. The number of halogens is 1. The Kier molecular flexibility index (Phi) is 10.2. The molecule has 2 aromatic carbocycles. The molecule has 2 fully saturated rings. The maximum absolute atomic E-state index is 13.1. The van der Waals surface area contributed by atoms with Gasteiger partial charge in [-0.2, -0.15) is 0 Å². The number of ether oxygens (including phenoxy) is 2. The van der Waals surface area contributed by atoms with Crippen LogP contribution in [0.3, 0.4) is 0 Å². The summed E-state index contributed by atoms with van der Waals surface area (Å²) >= 11 is 3.36. The number of nitro groups is 1. The zero-order valence-electron chi connectivity index (χ0n) is 24.3. The van der Waals surface area contributed by atoms with Crippen LogP contribution >= 0.6 is 15.9 Å². The quantitative estimate of drug-likeness (QED) is 0.302. The van der Waals surface area contributed by atoms with Crippen molar-refractivity contribution in [3.05, 3.63) is 56.5 Å². The molecule has 4 rings (SSSR count). The van der Waals surface area contributed by atoms with Crippen molar-refractivity contribution < 1.29 is 32.4 Å². The molecule has 0 bridgehead atoms. The number of sulfonamides is 1. The molecule has 0 unspecified atom stereocenters. The number of benzene rings is 2. The van der Waals surface area contributed by atoms with Crippen LogP contribution < -0.4 is 14.9 Å². The fraction of sp³-hybridized carbons (Fsp3) is 0.500. The third kappa shape index (κ3) is 8.57. The van der Waals surface area contributed by atoms with Gasteiger partial charge in [-0.25, -0.2) is 17.9 Å². The first kappa shape index (κ1) is 32.5. The van der Waals surface area contributed by atoms with E-state index >= 15 is 0 Å². The molecule has 2 amide bonds. The van der Waals surface area contributed by atoms with E-state index in [4.69, 9.17) is 9.47 Å². The summed E-state index contributed by atoms with van der Waals surface area (Å²) < 4.78 is 39.2. The highest BCUT2D eigenvalue weighted by Gasteiger charge is 2.28. The lowest BCUT2D eigenvalue weighted by molar-refractivity contribution is -0.384. The third-order valence-corrected chi connectivity index (χ3v) is 9.10. The van der Waals surface area contributed by atoms with Crippen molar-refractivity contribution in [1.82, 2.24) is 9.62 Å². The van der Waals surface area contributed by atoms with Crippen LogP contribution in [-0.4, -0.2) is 81.8 Å². The van der Waals surface area contributed by atoms with Gasteiger partial charge >= 0.3 is 6.09 Å². The van der Waals surface area contributed by atoms with Gasteiger partial charge in [0.05, 0.1) is 15.4 Å². The average Bonchev–Trinajstić information content (AvgIpc) is 2.95. The summed E-state index contributed by atoms with van der Waals surface area (Å²) in [6.45, 7) is 9.23. The number of nitrogens with one attached hydrogen (secondary N) is 2. The molecule has 0 atom stereocenters. The normalized spacial score (nSPS) is 16.5. The van der Waals surface area contributed by atoms with Gasteiger partial charge in [-0.1, -0.05) is 0 Å². The van der Waals surface area contributed by atoms with Crippen LogP contribution in [0.15, 0.2) is 45.8 Å². The summed E-state index contributed by atoms with van der Waals surface area (Å²) in [4.78, 5) is 39.7. The second-order valence-corrected chi connectivity index (χ2v) is 14.0. The van der Waals surface area contributed by atoms with Gasteiger partial charge < -0.3 is 24.6 Å². The van der Waals surface area contributed by atoms with E-state index in [1.807, 2.05) is 30.4 Å². The highest BCUT2D eigenvalue weighted by atomic mass is 79.9. The minimum atomic E-state index is -4.42. The molecule has 0 aliphatic carbocycles. The first-order valence-corrected chi connectivity index (χ1v) is 16.2. The van der Waals surface area contributed by atoms with E-state index < -0.39 is 37.0 Å². The van der Waals surface area contributed by atoms with Crippen molar-refractivity contribution in [3.63, 3.8) is 0 Å². The van der Waals surface area contributed by atoms with Gasteiger partial charge in [-0.15, -0.1) is 0 Å². The molecule has 15 heteroatoms. The van der Waals surface area contributed by atoms with E-state index in [-0.39, 0.29) is 17.3 Å². The maximum atomic E-state index is 13.1. The molecule has 2 aliphatic rings. The largest absolute Gasteiger partial charge is 0.444 e. The predicted molar refractivity (Wildman–Crippen MR) is 164 cm³/mol. The summed E-state index contributed by atoms with van der Waals surface area (Å²) in [5.41, 5.74) is 0.0773. The van der Waals surface area contributed by atoms with Crippen molar-refractivity contribution in [2.75, 3.05) is 56.2 Å². The molecular weight excluding hydrogens is 646 g/mol. The summed E-state index contributed by atoms with van der Waals surface area (Å²) in [5, 5.41) is 14.8. The minimum absolute atomic E-state index is 0.0731. The summed E-state index contributed by atoms with van der Waals surface area (Å²) in [6, 6.07) is 8.40. The summed E-state index contributed by atoms with van der Waals surface area (Å²) in [5.74, 6) is -0.597. The maximum Gasteiger partial charge on any atom is 0.410 e. The molecule has 13 nitrogen and oxygen atoms in total. The Morgan fingerprint density at radius 1 is 1.09 bits per heavy atom. The van der Waals surface area contributed by atoms with Gasteiger partial charge in [0.15, 0.2) is 0 Å². The fourth-order valence-corrected chi connectivity index (χ4v) is 6.31. The van der Waals surface area contributed by atoms with E-state index in [0.29, 0.717) is 56.3 Å². The van der Waals surface area contributed by atoms with Gasteiger partial charge in [0, 0.05) is 62.2 Å². The number of nitro benzene ring substituents is 1. The zero-order valence-corrected chi connectivity index (χ0v) is 26.7. The molecule has 0 spiro atoms. The molecule has 2 aliphatic heterocycles. The number of amides is 2. The monoisotopic (exact) mass is 681 g/mol. The molecule has 0 saturated carbocycles. The van der Waals surface area contributed by atoms with Crippen LogP contribution in [0.4, 0.5) is 21.9 Å². The van der Waals surface area contributed by atoms with Crippen molar-refractivity contribution in [2.24, 2.45) is 5.92 Å². The number of carbonyl (C=O) groups excluding carboxylic acids is 2. The molecule has 2 aromatic rings. The van der Waals surface area contributed by atoms with Crippen LogP contribution in [0.5, 0.6) is 0 Å². The first-order chi connectivity index (χ1) is 20.2. The minimum Gasteiger partial charge on any atom is -0.444 e. The van der Waals surface area contributed by atoms with Crippen LogP contribution in [0, 0.1) is 16.0 Å². The van der Waals surface area contributed by atoms with Crippen molar-refractivity contribution in [2.45, 2.75) is 44.1 Å². The molecule has 2 heterocycles. The van der Waals surface area contributed by atoms with E-state index in [0.717, 1.165) is 24.6 Å². The highest BCUT2D eigenvalue weighted by Crippen LogP contribution is 2.30. The lowest BCUT2D eigenvalue weighted by atomic mass is 10.0. The van der Waals surface area contributed by atoms with Crippen LogP contribution in [0.2, 0.25) is 0 Å². The number of anilines is 2. The standard InChI is InChI=1S/C28H36BrN5O8S/c1-28(2,3)42-27(36)33-12-10-32(11-13-33)20-4-6-22(23(29)16-20)26(35)31-43(39,40)21-5-7-24(25(17-21)34(37)38)30-18-19-8-14-41-15-9-19/h4-7,16-17,19,30H,8-15,18H2,1-3H3,(H,31,35). The Bertz CT molecular complexity index is 1470. The summed E-state index contributed by atoms with van der Waals surface area (Å²) in [6.07, 6.45) is 1.30. The van der Waals surface area contributed by atoms with Gasteiger partial charge in [0.2, 0.25) is 0 Å².